The van der Waals surface area contributed by atoms with Crippen LogP contribution < -0.4 is 21.7 Å². The Morgan fingerprint density at radius 3 is 2.36 bits per heavy atom. The Kier molecular flexibility index (Phi) is 7.96. The average Bonchev–Trinajstić information content (AvgIpc) is 3.37. The second kappa shape index (κ2) is 10.1. The summed E-state index contributed by atoms with van der Waals surface area (Å²) in [5, 5.41) is 14.6. The summed E-state index contributed by atoms with van der Waals surface area (Å²) in [5.74, 6) is -2.34. The van der Waals surface area contributed by atoms with Crippen molar-refractivity contribution in [2.24, 2.45) is 11.1 Å². The minimum absolute atomic E-state index is 0.0376. The molecule has 4 unspecified atom stereocenters. The van der Waals surface area contributed by atoms with Gasteiger partial charge in [-0.2, -0.15) is 5.10 Å². The highest BCUT2D eigenvalue weighted by molar-refractivity contribution is 5.98. The lowest BCUT2D eigenvalue weighted by Crippen LogP contribution is -2.59. The molecule has 1 aliphatic rings. The molecule has 182 valence electrons. The van der Waals surface area contributed by atoms with Gasteiger partial charge in [-0.3, -0.25) is 29.1 Å². The Balaban J connectivity index is 2.20. The van der Waals surface area contributed by atoms with Crippen LogP contribution >= 0.6 is 0 Å². The van der Waals surface area contributed by atoms with E-state index in [4.69, 9.17) is 5.73 Å². The van der Waals surface area contributed by atoms with Gasteiger partial charge in [0.25, 0.3) is 5.91 Å². The molecule has 33 heavy (non-hydrogen) atoms. The second-order valence-electron chi connectivity index (χ2n) is 9.36. The molecule has 1 aromatic rings. The van der Waals surface area contributed by atoms with Gasteiger partial charge in [-0.05, 0) is 31.9 Å². The van der Waals surface area contributed by atoms with Crippen molar-refractivity contribution < 1.29 is 24.0 Å². The number of primary amides is 1. The molecule has 2 heterocycles. The van der Waals surface area contributed by atoms with Crippen LogP contribution in [0.1, 0.15) is 62.0 Å². The van der Waals surface area contributed by atoms with Crippen LogP contribution in [0.15, 0.2) is 6.07 Å². The van der Waals surface area contributed by atoms with Gasteiger partial charge in [-0.1, -0.05) is 20.8 Å². The molecule has 1 aromatic heterocycles. The number of nitrogens with one attached hydrogen (secondary N) is 4. The van der Waals surface area contributed by atoms with Crippen molar-refractivity contribution >= 4 is 29.4 Å². The van der Waals surface area contributed by atoms with Gasteiger partial charge >= 0.3 is 0 Å². The van der Waals surface area contributed by atoms with Crippen LogP contribution in [0.5, 0.6) is 0 Å². The number of aromatic nitrogens is 2. The highest BCUT2D eigenvalue weighted by Gasteiger charge is 2.44. The first-order chi connectivity index (χ1) is 15.3. The summed E-state index contributed by atoms with van der Waals surface area (Å²) in [4.78, 5) is 63.3. The summed E-state index contributed by atoms with van der Waals surface area (Å²) in [6, 6.07) is -1.61. The summed E-state index contributed by atoms with van der Waals surface area (Å²) in [6.07, 6.45) is 0.123. The van der Waals surface area contributed by atoms with Crippen LogP contribution in [0.4, 0.5) is 0 Å². The minimum Gasteiger partial charge on any atom is -0.368 e. The zero-order chi connectivity index (χ0) is 25.1. The maximum absolute atomic E-state index is 13.4. The Morgan fingerprint density at radius 1 is 1.24 bits per heavy atom. The largest absolute Gasteiger partial charge is 0.368 e. The van der Waals surface area contributed by atoms with Crippen LogP contribution in [0.25, 0.3) is 0 Å². The van der Waals surface area contributed by atoms with Crippen molar-refractivity contribution in [2.45, 2.75) is 65.2 Å². The van der Waals surface area contributed by atoms with Crippen LogP contribution in [0.3, 0.4) is 0 Å². The molecule has 0 spiro atoms. The molecular formula is C21H33N7O5. The quantitative estimate of drug-likeness (QED) is 0.305. The number of aromatic amines is 1. The SMILES string of the molecule is CNC(C)C(=O)NC(C(=O)N1CC(NC(=O)c2cc(C(C)=O)n[nH]2)CC1C(N)=O)C(C)(C)C. The predicted molar refractivity (Wildman–Crippen MR) is 119 cm³/mol. The number of hydrogen-bond acceptors (Lipinski definition) is 7. The van der Waals surface area contributed by atoms with Gasteiger partial charge in [0.2, 0.25) is 17.7 Å². The zero-order valence-corrected chi connectivity index (χ0v) is 19.8. The fourth-order valence-electron chi connectivity index (χ4n) is 3.55. The van der Waals surface area contributed by atoms with Crippen molar-refractivity contribution in [3.63, 3.8) is 0 Å². The molecule has 0 aromatic carbocycles. The lowest BCUT2D eigenvalue weighted by molar-refractivity contribution is -0.143. The van der Waals surface area contributed by atoms with Gasteiger partial charge in [0.1, 0.15) is 23.5 Å². The van der Waals surface area contributed by atoms with Gasteiger partial charge in [0, 0.05) is 19.5 Å². The highest BCUT2D eigenvalue weighted by atomic mass is 16.2. The number of Topliss-reactive ketones (excluding diaryl/α,β-unsaturated/α-hetero) is 1. The van der Waals surface area contributed by atoms with E-state index in [1.807, 2.05) is 0 Å². The Hall–Kier alpha value is -3.28. The van der Waals surface area contributed by atoms with E-state index in [1.165, 1.54) is 17.9 Å². The number of nitrogens with two attached hydrogens (primary N) is 1. The topological polar surface area (TPSA) is 179 Å². The van der Waals surface area contributed by atoms with Crippen molar-refractivity contribution in [1.29, 1.82) is 0 Å². The molecule has 0 aliphatic carbocycles. The number of carbonyl (C=O) groups is 5. The van der Waals surface area contributed by atoms with Crippen LogP contribution in [-0.2, 0) is 14.4 Å². The molecule has 4 atom stereocenters. The summed E-state index contributed by atoms with van der Waals surface area (Å²) < 4.78 is 0. The molecule has 12 nitrogen and oxygen atoms in total. The van der Waals surface area contributed by atoms with E-state index in [1.54, 1.807) is 34.7 Å². The predicted octanol–water partition coefficient (Wildman–Crippen LogP) is -1.06. The molecule has 1 aliphatic heterocycles. The molecule has 0 saturated carbocycles. The molecule has 2 rings (SSSR count). The maximum Gasteiger partial charge on any atom is 0.269 e. The van der Waals surface area contributed by atoms with Gasteiger partial charge in [0.15, 0.2) is 5.78 Å². The molecule has 4 amide bonds. The van der Waals surface area contributed by atoms with E-state index < -0.39 is 47.3 Å². The third kappa shape index (κ3) is 6.15. The monoisotopic (exact) mass is 463 g/mol. The number of nitrogens with zero attached hydrogens (tertiary/aromatic N) is 2. The highest BCUT2D eigenvalue weighted by Crippen LogP contribution is 2.26. The average molecular weight is 464 g/mol. The van der Waals surface area contributed by atoms with Crippen molar-refractivity contribution in [3.05, 3.63) is 17.5 Å². The van der Waals surface area contributed by atoms with Crippen molar-refractivity contribution in [2.75, 3.05) is 13.6 Å². The zero-order valence-electron chi connectivity index (χ0n) is 19.8. The summed E-state index contributed by atoms with van der Waals surface area (Å²) in [6.45, 7) is 8.45. The van der Waals surface area contributed by atoms with Crippen LogP contribution in [-0.4, -0.2) is 82.3 Å². The number of carbonyl (C=O) groups excluding carboxylic acids is 5. The number of amides is 4. The number of H-pyrrole nitrogens is 1. The Bertz CT molecular complexity index is 936. The van der Waals surface area contributed by atoms with E-state index in [0.717, 1.165) is 0 Å². The molecular weight excluding hydrogens is 430 g/mol. The molecule has 0 radical (unpaired) electrons. The van der Waals surface area contributed by atoms with E-state index in [0.29, 0.717) is 0 Å². The first kappa shape index (κ1) is 26.0. The van der Waals surface area contributed by atoms with Crippen LogP contribution in [0.2, 0.25) is 0 Å². The first-order valence-electron chi connectivity index (χ1n) is 10.7. The smallest absolute Gasteiger partial charge is 0.269 e. The van der Waals surface area contributed by atoms with E-state index in [2.05, 4.69) is 26.1 Å². The number of likely N-dealkylation sites (tertiary alicyclic amines) is 1. The molecule has 12 heteroatoms. The lowest BCUT2D eigenvalue weighted by Gasteiger charge is -2.35. The molecule has 1 fully saturated rings. The van der Waals surface area contributed by atoms with Crippen molar-refractivity contribution in [3.8, 4) is 0 Å². The second-order valence-corrected chi connectivity index (χ2v) is 9.36. The van der Waals surface area contributed by atoms with Gasteiger partial charge in [0.05, 0.1) is 6.04 Å². The summed E-state index contributed by atoms with van der Waals surface area (Å²) >= 11 is 0. The number of likely N-dealkylation sites (N-methyl/N-ethyl adjacent to an activating group) is 1. The normalized spacial score (nSPS) is 20.1. The van der Waals surface area contributed by atoms with E-state index in [9.17, 15) is 24.0 Å². The third-order valence-electron chi connectivity index (χ3n) is 5.66. The van der Waals surface area contributed by atoms with Gasteiger partial charge in [-0.15, -0.1) is 0 Å². The van der Waals surface area contributed by atoms with Gasteiger partial charge in [-0.25, -0.2) is 0 Å². The summed E-state index contributed by atoms with van der Waals surface area (Å²) in [7, 11) is 1.63. The minimum atomic E-state index is -0.944. The third-order valence-corrected chi connectivity index (χ3v) is 5.66. The summed E-state index contributed by atoms with van der Waals surface area (Å²) in [5.41, 5.74) is 5.11. The Labute approximate surface area is 192 Å². The molecule has 0 bridgehead atoms. The lowest BCUT2D eigenvalue weighted by atomic mass is 9.85. The fraction of sp³-hybridized carbons (Fsp3) is 0.619. The van der Waals surface area contributed by atoms with Crippen LogP contribution in [0, 0.1) is 5.41 Å². The molecule has 6 N–H and O–H groups in total. The van der Waals surface area contributed by atoms with E-state index in [-0.39, 0.29) is 36.0 Å². The Morgan fingerprint density at radius 2 is 1.88 bits per heavy atom. The number of ketones is 1. The number of hydrogen-bond donors (Lipinski definition) is 5. The standard InChI is InChI=1S/C21H33N7O5/c1-10(23-6)18(31)25-16(21(3,4)5)20(33)28-9-12(7-15(28)17(22)30)24-19(32)14-8-13(11(2)29)26-27-14/h8,10,12,15-16,23H,7,9H2,1-6H3,(H2,22,30)(H,24,32)(H,25,31)(H,26,27). The fourth-order valence-corrected chi connectivity index (χ4v) is 3.55. The number of rotatable bonds is 8. The maximum atomic E-state index is 13.4. The van der Waals surface area contributed by atoms with Gasteiger partial charge < -0.3 is 26.6 Å². The van der Waals surface area contributed by atoms with Crippen molar-refractivity contribution in [1.82, 2.24) is 31.0 Å². The first-order valence-corrected chi connectivity index (χ1v) is 10.7. The molecule has 1 saturated heterocycles. The van der Waals surface area contributed by atoms with E-state index >= 15 is 0 Å².